The van der Waals surface area contributed by atoms with E-state index in [2.05, 4.69) is 5.32 Å². The molecule has 1 aromatic rings. The van der Waals surface area contributed by atoms with E-state index < -0.39 is 0 Å². The van der Waals surface area contributed by atoms with Crippen molar-refractivity contribution in [2.24, 2.45) is 0 Å². The molecule has 0 spiro atoms. The van der Waals surface area contributed by atoms with Crippen LogP contribution in [0, 0.1) is 10.7 Å². The maximum absolute atomic E-state index is 11.4. The third-order valence-corrected chi connectivity index (χ3v) is 3.12. The highest BCUT2D eigenvalue weighted by Crippen LogP contribution is 2.22. The molecule has 0 bridgehead atoms. The summed E-state index contributed by atoms with van der Waals surface area (Å²) < 4.78 is 5.06. The second kappa shape index (κ2) is 6.72. The van der Waals surface area contributed by atoms with Crippen molar-refractivity contribution in [1.82, 2.24) is 0 Å². The molecule has 0 aliphatic rings. The molecule has 0 aliphatic carbocycles. The van der Waals surface area contributed by atoms with Crippen LogP contribution in [0.15, 0.2) is 34.9 Å². The second-order valence-electron chi connectivity index (χ2n) is 3.56. The van der Waals surface area contributed by atoms with Crippen LogP contribution in [-0.4, -0.2) is 12.9 Å². The van der Waals surface area contributed by atoms with Crippen molar-refractivity contribution in [2.75, 3.05) is 12.4 Å². The van der Waals surface area contributed by atoms with Crippen LogP contribution < -0.4 is 10.1 Å². The maximum Gasteiger partial charge on any atom is 0.168 e. The zero-order valence-corrected chi connectivity index (χ0v) is 11.3. The van der Waals surface area contributed by atoms with Gasteiger partial charge in [-0.05, 0) is 49.9 Å². The molecule has 0 saturated carbocycles. The maximum atomic E-state index is 11.4. The lowest BCUT2D eigenvalue weighted by Gasteiger charge is -2.10. The summed E-state index contributed by atoms with van der Waals surface area (Å²) in [6.45, 7) is 3.21. The van der Waals surface area contributed by atoms with E-state index in [4.69, 9.17) is 10.00 Å². The Morgan fingerprint density at radius 1 is 1.33 bits per heavy atom. The molecule has 0 saturated heterocycles. The fraction of sp³-hybridized carbons (Fsp3) is 0.231. The molecule has 18 heavy (non-hydrogen) atoms. The highest BCUT2D eigenvalue weighted by molar-refractivity contribution is 8.08. The molecular formula is C13H14N2O2S. The van der Waals surface area contributed by atoms with E-state index in [0.717, 1.165) is 23.2 Å². The number of carbonyl (C=O) groups excluding carboxylic acids is 1. The highest BCUT2D eigenvalue weighted by Gasteiger charge is 2.09. The number of hydrogen-bond acceptors (Lipinski definition) is 5. The lowest BCUT2D eigenvalue weighted by molar-refractivity contribution is -0.113. The number of rotatable bonds is 5. The number of nitrogens with one attached hydrogen (secondary N) is 1. The lowest BCUT2D eigenvalue weighted by atomic mass is 10.2. The van der Waals surface area contributed by atoms with Crippen LogP contribution in [0.1, 0.15) is 13.8 Å². The average Bonchev–Trinajstić information content (AvgIpc) is 2.36. The van der Waals surface area contributed by atoms with Crippen molar-refractivity contribution in [2.45, 2.75) is 13.8 Å². The van der Waals surface area contributed by atoms with Gasteiger partial charge in [-0.25, -0.2) is 0 Å². The molecule has 0 radical (unpaired) electrons. The van der Waals surface area contributed by atoms with E-state index in [1.807, 2.05) is 29.7 Å². The van der Waals surface area contributed by atoms with Gasteiger partial charge in [-0.1, -0.05) is 0 Å². The van der Waals surface area contributed by atoms with E-state index in [9.17, 15) is 4.79 Å². The molecule has 1 rings (SSSR count). The summed E-state index contributed by atoms with van der Waals surface area (Å²) in [5.74, 6) is 0.639. The number of benzene rings is 1. The van der Waals surface area contributed by atoms with Gasteiger partial charge in [0.25, 0.3) is 0 Å². The fourth-order valence-corrected chi connectivity index (χ4v) is 1.84. The van der Waals surface area contributed by atoms with Crippen molar-refractivity contribution >= 4 is 23.2 Å². The third kappa shape index (κ3) is 3.82. The van der Waals surface area contributed by atoms with Crippen LogP contribution >= 0.6 is 11.8 Å². The van der Waals surface area contributed by atoms with Crippen LogP contribution in [0.2, 0.25) is 0 Å². The number of thiocyanates is 1. The molecule has 1 N–H and O–H groups in total. The van der Waals surface area contributed by atoms with E-state index in [0.29, 0.717) is 10.6 Å². The zero-order valence-electron chi connectivity index (χ0n) is 10.5. The number of ether oxygens (including phenoxy) is 1. The van der Waals surface area contributed by atoms with Gasteiger partial charge >= 0.3 is 0 Å². The van der Waals surface area contributed by atoms with Gasteiger partial charge in [-0.2, -0.15) is 5.26 Å². The Hall–Kier alpha value is -1.93. The summed E-state index contributed by atoms with van der Waals surface area (Å²) in [5.41, 5.74) is 1.50. The molecule has 0 atom stereocenters. The van der Waals surface area contributed by atoms with E-state index in [-0.39, 0.29) is 5.78 Å². The van der Waals surface area contributed by atoms with Crippen LogP contribution in [0.3, 0.4) is 0 Å². The summed E-state index contributed by atoms with van der Waals surface area (Å²) in [6, 6.07) is 7.33. The molecule has 0 fully saturated rings. The first-order valence-electron chi connectivity index (χ1n) is 5.27. The fourth-order valence-electron chi connectivity index (χ4n) is 1.41. The zero-order chi connectivity index (χ0) is 13.5. The Morgan fingerprint density at radius 2 is 1.94 bits per heavy atom. The van der Waals surface area contributed by atoms with E-state index >= 15 is 0 Å². The number of nitriles is 1. The van der Waals surface area contributed by atoms with Gasteiger partial charge in [-0.15, -0.1) is 0 Å². The summed E-state index contributed by atoms with van der Waals surface area (Å²) in [4.78, 5) is 11.8. The number of carbonyl (C=O) groups is 1. The van der Waals surface area contributed by atoms with Gasteiger partial charge in [0, 0.05) is 11.4 Å². The van der Waals surface area contributed by atoms with Gasteiger partial charge in [0.05, 0.1) is 12.0 Å². The number of anilines is 1. The summed E-state index contributed by atoms with van der Waals surface area (Å²) in [5, 5.41) is 13.7. The molecular weight excluding hydrogens is 248 g/mol. The molecule has 5 heteroatoms. The first-order valence-corrected chi connectivity index (χ1v) is 6.09. The minimum atomic E-state index is -0.125. The van der Waals surface area contributed by atoms with Crippen molar-refractivity contribution < 1.29 is 9.53 Å². The second-order valence-corrected chi connectivity index (χ2v) is 4.35. The Bertz CT molecular complexity index is 501. The van der Waals surface area contributed by atoms with Gasteiger partial charge in [-0.3, -0.25) is 4.79 Å². The van der Waals surface area contributed by atoms with Gasteiger partial charge in [0.2, 0.25) is 0 Å². The van der Waals surface area contributed by atoms with Crippen molar-refractivity contribution in [3.63, 3.8) is 0 Å². The van der Waals surface area contributed by atoms with Crippen molar-refractivity contribution in [3.05, 3.63) is 34.9 Å². The summed E-state index contributed by atoms with van der Waals surface area (Å²) in [7, 11) is 1.60. The van der Waals surface area contributed by atoms with Crippen LogP contribution in [0.5, 0.6) is 5.75 Å². The first-order chi connectivity index (χ1) is 8.58. The Labute approximate surface area is 111 Å². The Kier molecular flexibility index (Phi) is 5.28. The Morgan fingerprint density at radius 3 is 2.39 bits per heavy atom. The summed E-state index contributed by atoms with van der Waals surface area (Å²) >= 11 is 0.868. The number of ketones is 1. The normalized spacial score (nSPS) is 11.2. The molecule has 0 heterocycles. The topological polar surface area (TPSA) is 62.1 Å². The number of thioether (sulfide) groups is 1. The molecule has 0 aliphatic heterocycles. The average molecular weight is 262 g/mol. The highest BCUT2D eigenvalue weighted by atomic mass is 32.2. The van der Waals surface area contributed by atoms with Gasteiger partial charge < -0.3 is 10.1 Å². The van der Waals surface area contributed by atoms with Crippen LogP contribution in [-0.2, 0) is 4.79 Å². The lowest BCUT2D eigenvalue weighted by Crippen LogP contribution is -2.03. The minimum absolute atomic E-state index is 0.125. The van der Waals surface area contributed by atoms with Gasteiger partial charge in [0.1, 0.15) is 11.2 Å². The molecule has 0 aromatic heterocycles. The summed E-state index contributed by atoms with van der Waals surface area (Å²) in [6.07, 6.45) is 0. The number of methoxy groups -OCH3 is 1. The number of nitrogens with zero attached hydrogens (tertiary/aromatic N) is 1. The number of allylic oxidation sites excluding steroid dienone is 2. The standard InChI is InChI=1S/C13H14N2O2S/c1-9(13(10(2)16)18-8-14)15-11-4-6-12(17-3)7-5-11/h4-7,15H,1-3H3/b13-9+. The van der Waals surface area contributed by atoms with Gasteiger partial charge in [0.15, 0.2) is 5.78 Å². The monoisotopic (exact) mass is 262 g/mol. The van der Waals surface area contributed by atoms with E-state index in [1.165, 1.54) is 6.92 Å². The molecule has 4 nitrogen and oxygen atoms in total. The molecule has 94 valence electrons. The number of hydrogen-bond donors (Lipinski definition) is 1. The SMILES string of the molecule is COc1ccc(N/C(C)=C(/SC#N)C(C)=O)cc1. The largest absolute Gasteiger partial charge is 0.497 e. The van der Waals surface area contributed by atoms with Crippen molar-refractivity contribution in [1.29, 1.82) is 5.26 Å². The van der Waals surface area contributed by atoms with Crippen molar-refractivity contribution in [3.8, 4) is 11.2 Å². The predicted molar refractivity (Wildman–Crippen MR) is 73.2 cm³/mol. The van der Waals surface area contributed by atoms with Crippen LogP contribution in [0.25, 0.3) is 0 Å². The first kappa shape index (κ1) is 14.1. The quantitative estimate of drug-likeness (QED) is 0.652. The third-order valence-electron chi connectivity index (χ3n) is 2.23. The molecule has 0 amide bonds. The number of Topliss-reactive ketones (excluding diaryl/α,β-unsaturated/α-hetero) is 1. The van der Waals surface area contributed by atoms with Crippen LogP contribution in [0.4, 0.5) is 5.69 Å². The Balaban J connectivity index is 2.90. The molecule has 1 aromatic carbocycles. The van der Waals surface area contributed by atoms with E-state index in [1.54, 1.807) is 14.0 Å². The smallest absolute Gasteiger partial charge is 0.168 e. The molecule has 0 unspecified atom stereocenters. The predicted octanol–water partition coefficient (Wildman–Crippen LogP) is 3.14. The minimum Gasteiger partial charge on any atom is -0.497 e.